The number of fused-ring (bicyclic) bond motifs is 1. The number of rotatable bonds is 6. The van der Waals surface area contributed by atoms with Gasteiger partial charge in [-0.05, 0) is 68.7 Å². The van der Waals surface area contributed by atoms with E-state index in [-0.39, 0.29) is 5.78 Å². The maximum atomic E-state index is 12.6. The van der Waals surface area contributed by atoms with Gasteiger partial charge in [-0.2, -0.15) is 4.98 Å². The highest BCUT2D eigenvalue weighted by molar-refractivity contribution is 6.03. The molecule has 4 rings (SSSR count). The van der Waals surface area contributed by atoms with Crippen LogP contribution in [-0.2, 0) is 6.42 Å². The van der Waals surface area contributed by atoms with Gasteiger partial charge in [-0.15, -0.1) is 0 Å². The third-order valence-corrected chi connectivity index (χ3v) is 4.78. The highest BCUT2D eigenvalue weighted by Gasteiger charge is 2.24. The largest absolute Gasteiger partial charge is 0.494 e. The summed E-state index contributed by atoms with van der Waals surface area (Å²) in [6.07, 6.45) is 2.11. The summed E-state index contributed by atoms with van der Waals surface area (Å²) in [6.45, 7) is 4.61. The fraction of sp³-hybridized carbons (Fsp3) is 0.261. The first-order chi connectivity index (χ1) is 14.1. The topological polar surface area (TPSA) is 76.1 Å². The van der Waals surface area contributed by atoms with E-state index in [2.05, 4.69) is 20.6 Å². The van der Waals surface area contributed by atoms with Crippen molar-refractivity contribution in [2.45, 2.75) is 33.1 Å². The number of aromatic nitrogens is 2. The lowest BCUT2D eigenvalue weighted by Gasteiger charge is -2.19. The van der Waals surface area contributed by atoms with Crippen LogP contribution in [0.3, 0.4) is 0 Å². The number of benzene rings is 2. The molecule has 0 aliphatic heterocycles. The van der Waals surface area contributed by atoms with Crippen LogP contribution in [0.5, 0.6) is 5.75 Å². The summed E-state index contributed by atoms with van der Waals surface area (Å²) in [7, 11) is 0. The lowest BCUT2D eigenvalue weighted by molar-refractivity contribution is 0.0972. The predicted octanol–water partition coefficient (Wildman–Crippen LogP) is 5.19. The van der Waals surface area contributed by atoms with Crippen molar-refractivity contribution in [2.24, 2.45) is 0 Å². The molecule has 0 atom stereocenters. The Morgan fingerprint density at radius 2 is 1.83 bits per heavy atom. The number of ether oxygens (including phenoxy) is 1. The van der Waals surface area contributed by atoms with Crippen molar-refractivity contribution >= 4 is 28.9 Å². The zero-order valence-corrected chi connectivity index (χ0v) is 16.7. The molecule has 2 N–H and O–H groups in total. The SMILES string of the molecule is CCOc1ccc(Nc2nc(Nc3cccc(C)c3)nc3c2C(=O)CCC3)cc1. The molecular weight excluding hydrogens is 364 g/mol. The molecule has 1 aliphatic rings. The Morgan fingerprint density at radius 3 is 2.59 bits per heavy atom. The van der Waals surface area contributed by atoms with Crippen LogP contribution in [-0.4, -0.2) is 22.4 Å². The molecule has 148 valence electrons. The van der Waals surface area contributed by atoms with E-state index in [1.54, 1.807) is 0 Å². The van der Waals surface area contributed by atoms with Crippen molar-refractivity contribution in [3.8, 4) is 5.75 Å². The average molecular weight is 388 g/mol. The summed E-state index contributed by atoms with van der Waals surface area (Å²) < 4.78 is 5.50. The molecule has 29 heavy (non-hydrogen) atoms. The summed E-state index contributed by atoms with van der Waals surface area (Å²) in [5.41, 5.74) is 4.30. The second kappa shape index (κ2) is 8.31. The minimum Gasteiger partial charge on any atom is -0.494 e. The molecular formula is C23H24N4O2. The van der Waals surface area contributed by atoms with Crippen molar-refractivity contribution in [3.63, 3.8) is 0 Å². The van der Waals surface area contributed by atoms with E-state index in [4.69, 9.17) is 4.74 Å². The molecule has 0 fully saturated rings. The molecule has 0 amide bonds. The molecule has 0 saturated carbocycles. The Balaban J connectivity index is 1.67. The monoisotopic (exact) mass is 388 g/mol. The average Bonchev–Trinajstić information content (AvgIpc) is 2.70. The summed E-state index contributed by atoms with van der Waals surface area (Å²) in [4.78, 5) is 21.8. The van der Waals surface area contributed by atoms with Crippen LogP contribution in [0.25, 0.3) is 0 Å². The number of Topliss-reactive ketones (excluding diaryl/α,β-unsaturated/α-hetero) is 1. The molecule has 1 aliphatic carbocycles. The Hall–Kier alpha value is -3.41. The van der Waals surface area contributed by atoms with Gasteiger partial charge in [0.15, 0.2) is 5.78 Å². The van der Waals surface area contributed by atoms with Crippen molar-refractivity contribution in [2.75, 3.05) is 17.2 Å². The van der Waals surface area contributed by atoms with Crippen LogP contribution < -0.4 is 15.4 Å². The summed E-state index contributed by atoms with van der Waals surface area (Å²) >= 11 is 0. The lowest BCUT2D eigenvalue weighted by Crippen LogP contribution is -2.17. The van der Waals surface area contributed by atoms with E-state index in [1.807, 2.05) is 62.4 Å². The molecule has 6 nitrogen and oxygen atoms in total. The highest BCUT2D eigenvalue weighted by Crippen LogP contribution is 2.30. The molecule has 0 unspecified atom stereocenters. The number of anilines is 4. The van der Waals surface area contributed by atoms with E-state index >= 15 is 0 Å². The molecule has 2 aromatic carbocycles. The van der Waals surface area contributed by atoms with Crippen molar-refractivity contribution in [1.82, 2.24) is 9.97 Å². The summed E-state index contributed by atoms with van der Waals surface area (Å²) in [6, 6.07) is 15.7. The van der Waals surface area contributed by atoms with Gasteiger partial charge in [-0.3, -0.25) is 4.79 Å². The quantitative estimate of drug-likeness (QED) is 0.605. The molecule has 3 aromatic rings. The number of carbonyl (C=O) groups is 1. The molecule has 1 aromatic heterocycles. The van der Waals surface area contributed by atoms with Crippen molar-refractivity contribution in [3.05, 3.63) is 65.4 Å². The standard InChI is InChI=1S/C23H24N4O2/c1-3-29-18-12-10-16(11-13-18)24-22-21-19(8-5-9-20(21)28)26-23(27-22)25-17-7-4-6-15(2)14-17/h4,6-7,10-14H,3,5,8-9H2,1-2H3,(H2,24,25,26,27). The summed E-state index contributed by atoms with van der Waals surface area (Å²) in [5, 5.41) is 6.57. The highest BCUT2D eigenvalue weighted by atomic mass is 16.5. The van der Waals surface area contributed by atoms with Gasteiger partial charge in [0.05, 0.1) is 17.9 Å². The Morgan fingerprint density at radius 1 is 1.00 bits per heavy atom. The predicted molar refractivity (Wildman–Crippen MR) is 115 cm³/mol. The fourth-order valence-corrected chi connectivity index (χ4v) is 3.46. The first-order valence-corrected chi connectivity index (χ1v) is 9.90. The minimum atomic E-state index is 0.0850. The van der Waals surface area contributed by atoms with Crippen LogP contribution >= 0.6 is 0 Å². The number of ketones is 1. The Kier molecular flexibility index (Phi) is 5.42. The van der Waals surface area contributed by atoms with E-state index in [0.717, 1.165) is 41.2 Å². The van der Waals surface area contributed by atoms with Gasteiger partial charge in [0.25, 0.3) is 0 Å². The van der Waals surface area contributed by atoms with E-state index < -0.39 is 0 Å². The van der Waals surface area contributed by atoms with Crippen LogP contribution in [0.15, 0.2) is 48.5 Å². The van der Waals surface area contributed by atoms with Crippen LogP contribution in [0.2, 0.25) is 0 Å². The number of hydrogen-bond donors (Lipinski definition) is 2. The van der Waals surface area contributed by atoms with Crippen LogP contribution in [0.1, 0.15) is 41.4 Å². The van der Waals surface area contributed by atoms with E-state index in [9.17, 15) is 4.79 Å². The number of carbonyl (C=O) groups excluding carboxylic acids is 1. The molecule has 6 heteroatoms. The maximum Gasteiger partial charge on any atom is 0.229 e. The third-order valence-electron chi connectivity index (χ3n) is 4.78. The second-order valence-electron chi connectivity index (χ2n) is 7.07. The van der Waals surface area contributed by atoms with E-state index in [0.29, 0.717) is 30.4 Å². The lowest BCUT2D eigenvalue weighted by atomic mass is 9.95. The first kappa shape index (κ1) is 18.9. The second-order valence-corrected chi connectivity index (χ2v) is 7.07. The van der Waals surface area contributed by atoms with Gasteiger partial charge < -0.3 is 15.4 Å². The number of nitrogens with zero attached hydrogens (tertiary/aromatic N) is 2. The third kappa shape index (κ3) is 4.37. The van der Waals surface area contributed by atoms with Gasteiger partial charge in [0.2, 0.25) is 5.95 Å². The Labute approximate surface area is 170 Å². The Bertz CT molecular complexity index is 1030. The number of aryl methyl sites for hydroxylation is 2. The molecule has 0 bridgehead atoms. The fourth-order valence-electron chi connectivity index (χ4n) is 3.46. The summed E-state index contributed by atoms with van der Waals surface area (Å²) in [5.74, 6) is 1.92. The zero-order chi connectivity index (χ0) is 20.2. The molecule has 0 saturated heterocycles. The molecule has 0 radical (unpaired) electrons. The minimum absolute atomic E-state index is 0.0850. The van der Waals surface area contributed by atoms with Gasteiger partial charge in [-0.25, -0.2) is 4.98 Å². The van der Waals surface area contributed by atoms with Crippen molar-refractivity contribution < 1.29 is 9.53 Å². The van der Waals surface area contributed by atoms with Gasteiger partial charge in [-0.1, -0.05) is 12.1 Å². The zero-order valence-electron chi connectivity index (χ0n) is 16.7. The van der Waals surface area contributed by atoms with Crippen molar-refractivity contribution in [1.29, 1.82) is 0 Å². The molecule has 1 heterocycles. The van der Waals surface area contributed by atoms with Gasteiger partial charge in [0.1, 0.15) is 11.6 Å². The first-order valence-electron chi connectivity index (χ1n) is 9.90. The normalized spacial score (nSPS) is 13.0. The van der Waals surface area contributed by atoms with Gasteiger partial charge in [0, 0.05) is 17.8 Å². The molecule has 0 spiro atoms. The smallest absolute Gasteiger partial charge is 0.229 e. The van der Waals surface area contributed by atoms with Crippen LogP contribution in [0.4, 0.5) is 23.1 Å². The number of hydrogen-bond acceptors (Lipinski definition) is 6. The van der Waals surface area contributed by atoms with E-state index in [1.165, 1.54) is 0 Å². The number of nitrogens with one attached hydrogen (secondary N) is 2. The van der Waals surface area contributed by atoms with Crippen LogP contribution in [0, 0.1) is 6.92 Å². The van der Waals surface area contributed by atoms with Gasteiger partial charge >= 0.3 is 0 Å². The maximum absolute atomic E-state index is 12.6.